The van der Waals surface area contributed by atoms with Crippen LogP contribution in [0.15, 0.2) is 30.3 Å². The molecule has 0 aliphatic carbocycles. The van der Waals surface area contributed by atoms with Crippen LogP contribution in [0.25, 0.3) is 0 Å². The van der Waals surface area contributed by atoms with Crippen LogP contribution >= 0.6 is 0 Å². The van der Waals surface area contributed by atoms with Crippen molar-refractivity contribution < 1.29 is 14.6 Å². The summed E-state index contributed by atoms with van der Waals surface area (Å²) < 4.78 is 5.22. The Morgan fingerprint density at radius 2 is 2.00 bits per heavy atom. The van der Waals surface area contributed by atoms with Gasteiger partial charge in [0.15, 0.2) is 0 Å². The molecular formula is C14H21NO3. The lowest BCUT2D eigenvalue weighted by Gasteiger charge is -2.20. The summed E-state index contributed by atoms with van der Waals surface area (Å²) in [6, 6.07) is 9.56. The molecule has 1 amide bonds. The van der Waals surface area contributed by atoms with Gasteiger partial charge < -0.3 is 14.7 Å². The molecule has 0 atom stereocenters. The molecule has 1 aromatic carbocycles. The summed E-state index contributed by atoms with van der Waals surface area (Å²) in [6.07, 6.45) is 1.57. The van der Waals surface area contributed by atoms with E-state index in [-0.39, 0.29) is 19.3 Å². The van der Waals surface area contributed by atoms with E-state index in [2.05, 4.69) is 6.92 Å². The summed E-state index contributed by atoms with van der Waals surface area (Å²) in [5.74, 6) is 0. The molecule has 0 radical (unpaired) electrons. The van der Waals surface area contributed by atoms with Gasteiger partial charge in [-0.05, 0) is 12.0 Å². The Labute approximate surface area is 108 Å². The highest BCUT2D eigenvalue weighted by Gasteiger charge is 2.13. The number of carbonyl (C=O) groups is 1. The lowest BCUT2D eigenvalue weighted by molar-refractivity contribution is 0.0880. The zero-order chi connectivity index (χ0) is 13.2. The summed E-state index contributed by atoms with van der Waals surface area (Å²) in [4.78, 5) is 13.4. The number of nitrogens with zero attached hydrogens (tertiary/aromatic N) is 1. The van der Waals surface area contributed by atoms with Crippen molar-refractivity contribution in [1.82, 2.24) is 4.90 Å². The fraction of sp³-hybridized carbons (Fsp3) is 0.500. The second kappa shape index (κ2) is 8.53. The second-order valence-electron chi connectivity index (χ2n) is 4.10. The lowest BCUT2D eigenvalue weighted by Crippen LogP contribution is -2.34. The van der Waals surface area contributed by atoms with Crippen LogP contribution < -0.4 is 0 Å². The van der Waals surface area contributed by atoms with Crippen molar-refractivity contribution >= 4 is 6.09 Å². The molecule has 0 saturated heterocycles. The Morgan fingerprint density at radius 1 is 1.28 bits per heavy atom. The number of ether oxygens (including phenoxy) is 1. The number of benzene rings is 1. The van der Waals surface area contributed by atoms with Crippen LogP contribution in [-0.4, -0.2) is 35.8 Å². The topological polar surface area (TPSA) is 49.8 Å². The highest BCUT2D eigenvalue weighted by molar-refractivity contribution is 5.67. The minimum Gasteiger partial charge on any atom is -0.445 e. The average molecular weight is 251 g/mol. The molecule has 100 valence electrons. The third kappa shape index (κ3) is 5.19. The normalized spacial score (nSPS) is 10.1. The van der Waals surface area contributed by atoms with Crippen LogP contribution in [0, 0.1) is 0 Å². The van der Waals surface area contributed by atoms with E-state index in [1.165, 1.54) is 0 Å². The van der Waals surface area contributed by atoms with Gasteiger partial charge in [0, 0.05) is 13.1 Å². The quantitative estimate of drug-likeness (QED) is 0.809. The minimum absolute atomic E-state index is 0.0375. The summed E-state index contributed by atoms with van der Waals surface area (Å²) >= 11 is 0. The molecule has 1 rings (SSSR count). The lowest BCUT2D eigenvalue weighted by atomic mass is 10.2. The van der Waals surface area contributed by atoms with Crippen molar-refractivity contribution in [2.24, 2.45) is 0 Å². The first-order valence-electron chi connectivity index (χ1n) is 6.34. The number of hydrogen-bond acceptors (Lipinski definition) is 3. The van der Waals surface area contributed by atoms with E-state index in [0.717, 1.165) is 18.4 Å². The zero-order valence-corrected chi connectivity index (χ0v) is 10.8. The van der Waals surface area contributed by atoms with Crippen molar-refractivity contribution in [2.75, 3.05) is 19.7 Å². The first-order valence-corrected chi connectivity index (χ1v) is 6.34. The highest BCUT2D eigenvalue weighted by Crippen LogP contribution is 2.04. The molecule has 0 saturated carbocycles. The maximum Gasteiger partial charge on any atom is 0.410 e. The smallest absolute Gasteiger partial charge is 0.410 e. The van der Waals surface area contributed by atoms with Gasteiger partial charge in [0.25, 0.3) is 0 Å². The van der Waals surface area contributed by atoms with E-state index in [0.29, 0.717) is 13.1 Å². The van der Waals surface area contributed by atoms with Crippen molar-refractivity contribution in [2.45, 2.75) is 26.4 Å². The number of unbranched alkanes of at least 4 members (excludes halogenated alkanes) is 1. The van der Waals surface area contributed by atoms with E-state index in [9.17, 15) is 4.79 Å². The Kier molecular flexibility index (Phi) is 6.87. The molecule has 4 heteroatoms. The van der Waals surface area contributed by atoms with Gasteiger partial charge in [-0.3, -0.25) is 0 Å². The molecular weight excluding hydrogens is 230 g/mol. The zero-order valence-electron chi connectivity index (χ0n) is 10.8. The van der Waals surface area contributed by atoms with Crippen LogP contribution in [0.3, 0.4) is 0 Å². The van der Waals surface area contributed by atoms with Gasteiger partial charge in [-0.1, -0.05) is 43.7 Å². The molecule has 1 N–H and O–H groups in total. The average Bonchev–Trinajstić information content (AvgIpc) is 2.42. The highest BCUT2D eigenvalue weighted by atomic mass is 16.6. The Hall–Kier alpha value is -1.55. The number of aliphatic hydroxyl groups is 1. The summed E-state index contributed by atoms with van der Waals surface area (Å²) in [7, 11) is 0. The first-order chi connectivity index (χ1) is 8.77. The van der Waals surface area contributed by atoms with Gasteiger partial charge in [-0.25, -0.2) is 4.79 Å². The molecule has 0 spiro atoms. The Morgan fingerprint density at radius 3 is 2.61 bits per heavy atom. The predicted molar refractivity (Wildman–Crippen MR) is 70.2 cm³/mol. The van der Waals surface area contributed by atoms with E-state index in [4.69, 9.17) is 9.84 Å². The standard InChI is InChI=1S/C14H21NO3/c1-2-3-9-15(10-11-16)14(17)18-12-13-7-5-4-6-8-13/h4-8,16H,2-3,9-12H2,1H3. The number of rotatable bonds is 7. The Balaban J connectivity index is 2.40. The first kappa shape index (κ1) is 14.5. The summed E-state index contributed by atoms with van der Waals surface area (Å²) in [6.45, 7) is 3.25. The number of hydrogen-bond donors (Lipinski definition) is 1. The van der Waals surface area contributed by atoms with E-state index in [1.807, 2.05) is 30.3 Å². The summed E-state index contributed by atoms with van der Waals surface area (Å²) in [5.41, 5.74) is 0.963. The molecule has 0 bridgehead atoms. The van der Waals surface area contributed by atoms with Gasteiger partial charge in [0.2, 0.25) is 0 Å². The third-order valence-electron chi connectivity index (χ3n) is 2.61. The van der Waals surface area contributed by atoms with Crippen LogP contribution in [0.4, 0.5) is 4.79 Å². The van der Waals surface area contributed by atoms with Crippen LogP contribution in [0.1, 0.15) is 25.3 Å². The van der Waals surface area contributed by atoms with Crippen molar-refractivity contribution in [3.63, 3.8) is 0 Å². The number of amides is 1. The maximum absolute atomic E-state index is 11.8. The SMILES string of the molecule is CCCCN(CCO)C(=O)OCc1ccccc1. The van der Waals surface area contributed by atoms with Crippen molar-refractivity contribution in [1.29, 1.82) is 0 Å². The fourth-order valence-corrected chi connectivity index (χ4v) is 1.57. The molecule has 0 aliphatic rings. The maximum atomic E-state index is 11.8. The van der Waals surface area contributed by atoms with Crippen LogP contribution in [-0.2, 0) is 11.3 Å². The van der Waals surface area contributed by atoms with E-state index in [1.54, 1.807) is 4.90 Å². The van der Waals surface area contributed by atoms with Gasteiger partial charge in [-0.15, -0.1) is 0 Å². The largest absolute Gasteiger partial charge is 0.445 e. The van der Waals surface area contributed by atoms with Gasteiger partial charge in [0.05, 0.1) is 6.61 Å². The molecule has 0 fully saturated rings. The molecule has 18 heavy (non-hydrogen) atoms. The number of carbonyl (C=O) groups excluding carboxylic acids is 1. The summed E-state index contributed by atoms with van der Waals surface area (Å²) in [5, 5.41) is 8.92. The molecule has 0 aliphatic heterocycles. The van der Waals surface area contributed by atoms with Crippen molar-refractivity contribution in [3.8, 4) is 0 Å². The van der Waals surface area contributed by atoms with Gasteiger partial charge in [-0.2, -0.15) is 0 Å². The molecule has 1 aromatic rings. The van der Waals surface area contributed by atoms with E-state index < -0.39 is 0 Å². The number of aliphatic hydroxyl groups excluding tert-OH is 1. The van der Waals surface area contributed by atoms with Crippen LogP contribution in [0.5, 0.6) is 0 Å². The predicted octanol–water partition coefficient (Wildman–Crippen LogP) is 2.42. The molecule has 4 nitrogen and oxygen atoms in total. The molecule has 0 aromatic heterocycles. The van der Waals surface area contributed by atoms with Gasteiger partial charge >= 0.3 is 6.09 Å². The minimum atomic E-state index is -0.360. The Bertz CT molecular complexity index is 340. The van der Waals surface area contributed by atoms with Crippen molar-refractivity contribution in [3.05, 3.63) is 35.9 Å². The van der Waals surface area contributed by atoms with E-state index >= 15 is 0 Å². The van der Waals surface area contributed by atoms with Crippen LogP contribution in [0.2, 0.25) is 0 Å². The molecule has 0 unspecified atom stereocenters. The molecule has 0 heterocycles. The third-order valence-corrected chi connectivity index (χ3v) is 2.61. The fourth-order valence-electron chi connectivity index (χ4n) is 1.57. The monoisotopic (exact) mass is 251 g/mol. The second-order valence-corrected chi connectivity index (χ2v) is 4.10. The van der Waals surface area contributed by atoms with Gasteiger partial charge in [0.1, 0.15) is 6.61 Å².